The summed E-state index contributed by atoms with van der Waals surface area (Å²) in [6.07, 6.45) is 0.117. The van der Waals surface area contributed by atoms with Gasteiger partial charge in [0.25, 0.3) is 5.91 Å². The number of carbonyl (C=O) groups excluding carboxylic acids is 2. The molecule has 0 aliphatic carbocycles. The molecule has 0 spiro atoms. The van der Waals surface area contributed by atoms with Crippen LogP contribution in [0, 0.1) is 26.4 Å². The minimum Gasteiger partial charge on any atom is -0.386 e. The molecule has 10 heteroatoms. The van der Waals surface area contributed by atoms with Crippen molar-refractivity contribution in [3.05, 3.63) is 56.9 Å². The third-order valence-electron chi connectivity index (χ3n) is 5.50. The predicted molar refractivity (Wildman–Crippen MR) is 127 cm³/mol. The van der Waals surface area contributed by atoms with Crippen molar-refractivity contribution in [2.45, 2.75) is 32.8 Å². The van der Waals surface area contributed by atoms with Crippen molar-refractivity contribution >= 4 is 45.8 Å². The van der Waals surface area contributed by atoms with Gasteiger partial charge in [-0.25, -0.2) is 13.2 Å². The van der Waals surface area contributed by atoms with E-state index in [4.69, 9.17) is 0 Å². The van der Waals surface area contributed by atoms with Crippen molar-refractivity contribution in [2.75, 3.05) is 25.0 Å². The van der Waals surface area contributed by atoms with E-state index in [1.165, 1.54) is 17.0 Å². The van der Waals surface area contributed by atoms with Gasteiger partial charge in [0.2, 0.25) is 5.91 Å². The van der Waals surface area contributed by atoms with E-state index in [0.717, 1.165) is 12.1 Å². The fourth-order valence-corrected chi connectivity index (χ4v) is 4.42. The number of aliphatic hydroxyl groups is 1. The minimum atomic E-state index is -1.31. The first-order valence-corrected chi connectivity index (χ1v) is 11.4. The summed E-state index contributed by atoms with van der Waals surface area (Å²) < 4.78 is 43.4. The molecule has 3 N–H and O–H groups in total. The molecular formula is C23H25F3IN3O3. The zero-order valence-electron chi connectivity index (χ0n) is 18.4. The molecule has 0 aromatic heterocycles. The number of hydrogen-bond acceptors (Lipinski definition) is 4. The molecule has 33 heavy (non-hydrogen) atoms. The van der Waals surface area contributed by atoms with Crippen molar-refractivity contribution in [3.63, 3.8) is 0 Å². The van der Waals surface area contributed by atoms with Gasteiger partial charge in [-0.3, -0.25) is 9.59 Å². The molecule has 1 saturated heterocycles. The Morgan fingerprint density at radius 3 is 2.42 bits per heavy atom. The van der Waals surface area contributed by atoms with Crippen LogP contribution in [-0.2, 0) is 4.79 Å². The van der Waals surface area contributed by atoms with Gasteiger partial charge in [0, 0.05) is 15.5 Å². The van der Waals surface area contributed by atoms with Crippen LogP contribution in [0.5, 0.6) is 0 Å². The van der Waals surface area contributed by atoms with Gasteiger partial charge >= 0.3 is 0 Å². The zero-order chi connectivity index (χ0) is 24.6. The number of nitrogens with one attached hydrogen (secondary N) is 2. The van der Waals surface area contributed by atoms with Crippen LogP contribution in [0.2, 0.25) is 0 Å². The fraction of sp³-hybridized carbons (Fsp3) is 0.391. The smallest absolute Gasteiger partial charge is 0.256 e. The molecule has 2 aromatic carbocycles. The third kappa shape index (κ3) is 5.43. The molecule has 0 bridgehead atoms. The van der Waals surface area contributed by atoms with Crippen LogP contribution in [0.1, 0.15) is 37.6 Å². The summed E-state index contributed by atoms with van der Waals surface area (Å²) in [7, 11) is 0. The van der Waals surface area contributed by atoms with Gasteiger partial charge in [-0.2, -0.15) is 0 Å². The lowest BCUT2D eigenvalue weighted by molar-refractivity contribution is -0.140. The molecule has 0 unspecified atom stereocenters. The first kappa shape index (κ1) is 25.3. The summed E-state index contributed by atoms with van der Waals surface area (Å²) in [5.41, 5.74) is -2.96. The van der Waals surface area contributed by atoms with Crippen molar-refractivity contribution in [3.8, 4) is 0 Å². The Morgan fingerprint density at radius 1 is 1.15 bits per heavy atom. The van der Waals surface area contributed by atoms with Crippen molar-refractivity contribution in [2.24, 2.45) is 5.41 Å². The van der Waals surface area contributed by atoms with Crippen molar-refractivity contribution in [1.82, 2.24) is 10.2 Å². The Balaban J connectivity index is 1.80. The highest BCUT2D eigenvalue weighted by Gasteiger charge is 2.49. The van der Waals surface area contributed by atoms with Crippen LogP contribution in [-0.4, -0.2) is 47.1 Å². The summed E-state index contributed by atoms with van der Waals surface area (Å²) >= 11 is 1.91. The molecule has 2 amide bonds. The summed E-state index contributed by atoms with van der Waals surface area (Å²) in [5, 5.41) is 16.0. The number of likely N-dealkylation sites (tertiary alicyclic amines) is 1. The van der Waals surface area contributed by atoms with Gasteiger partial charge in [-0.1, -0.05) is 13.8 Å². The molecular weight excluding hydrogens is 550 g/mol. The summed E-state index contributed by atoms with van der Waals surface area (Å²) in [5.74, 6) is -4.05. The van der Waals surface area contributed by atoms with E-state index in [1.807, 2.05) is 22.6 Å². The number of hydrogen-bond donors (Lipinski definition) is 3. The topological polar surface area (TPSA) is 81.7 Å². The number of carbonyl (C=O) groups is 2. The van der Waals surface area contributed by atoms with Gasteiger partial charge in [-0.15, -0.1) is 0 Å². The Morgan fingerprint density at radius 2 is 1.82 bits per heavy atom. The average molecular weight is 575 g/mol. The Labute approximate surface area is 203 Å². The number of halogens is 4. The normalized spacial score (nSPS) is 15.1. The zero-order valence-corrected chi connectivity index (χ0v) is 20.6. The standard InChI is InChI=1S/C23H25F3IN3O3/c1-4-28-21(32)22(2,3)10-23(33)11-30(12-23)20(31)14-6-7-15(24)18(26)19(14)29-17-8-5-13(27)9-16(17)25/h5-9,29,33H,4,10-12H2,1-3H3,(H,28,32). The van der Waals surface area contributed by atoms with Crippen molar-refractivity contribution < 1.29 is 27.9 Å². The second-order valence-corrected chi connectivity index (χ2v) is 10.1. The molecule has 2 aromatic rings. The highest BCUT2D eigenvalue weighted by molar-refractivity contribution is 14.1. The Kier molecular flexibility index (Phi) is 7.27. The van der Waals surface area contributed by atoms with Gasteiger partial charge in [-0.05, 0) is 66.3 Å². The number of nitrogens with zero attached hydrogens (tertiary/aromatic N) is 1. The summed E-state index contributed by atoms with van der Waals surface area (Å²) in [4.78, 5) is 26.6. The highest BCUT2D eigenvalue weighted by Crippen LogP contribution is 2.37. The second-order valence-electron chi connectivity index (χ2n) is 8.84. The molecule has 0 atom stereocenters. The van der Waals surface area contributed by atoms with Crippen LogP contribution in [0.4, 0.5) is 24.5 Å². The first-order chi connectivity index (χ1) is 15.4. The van der Waals surface area contributed by atoms with Gasteiger partial charge in [0.1, 0.15) is 11.4 Å². The maximum Gasteiger partial charge on any atom is 0.256 e. The van der Waals surface area contributed by atoms with E-state index < -0.39 is 40.1 Å². The van der Waals surface area contributed by atoms with Gasteiger partial charge < -0.3 is 20.6 Å². The predicted octanol–water partition coefficient (Wildman–Crippen LogP) is 4.19. The Hall–Kier alpha value is -2.34. The quantitative estimate of drug-likeness (QED) is 0.433. The second kappa shape index (κ2) is 9.49. The molecule has 0 saturated carbocycles. The maximum absolute atomic E-state index is 14.6. The SMILES string of the molecule is CCNC(=O)C(C)(C)CC1(O)CN(C(=O)c2ccc(F)c(F)c2Nc2ccc(I)cc2F)C1. The molecule has 3 rings (SSSR count). The van der Waals surface area contributed by atoms with Crippen LogP contribution in [0.15, 0.2) is 30.3 Å². The van der Waals surface area contributed by atoms with Crippen LogP contribution >= 0.6 is 22.6 Å². The first-order valence-electron chi connectivity index (χ1n) is 10.4. The molecule has 1 heterocycles. The molecule has 178 valence electrons. The van der Waals surface area contributed by atoms with Crippen LogP contribution in [0.25, 0.3) is 0 Å². The van der Waals surface area contributed by atoms with Crippen LogP contribution < -0.4 is 10.6 Å². The summed E-state index contributed by atoms with van der Waals surface area (Å²) in [6.45, 7) is 5.50. The number of benzene rings is 2. The van der Waals surface area contributed by atoms with E-state index in [1.54, 1.807) is 26.8 Å². The molecule has 0 radical (unpaired) electrons. The van der Waals surface area contributed by atoms with Gasteiger partial charge in [0.15, 0.2) is 11.6 Å². The Bertz CT molecular complexity index is 1090. The molecule has 6 nitrogen and oxygen atoms in total. The number of amides is 2. The monoisotopic (exact) mass is 575 g/mol. The van der Waals surface area contributed by atoms with Crippen LogP contribution in [0.3, 0.4) is 0 Å². The van der Waals surface area contributed by atoms with Crippen molar-refractivity contribution in [1.29, 1.82) is 0 Å². The van der Waals surface area contributed by atoms with E-state index in [9.17, 15) is 27.9 Å². The number of anilines is 2. The van der Waals surface area contributed by atoms with E-state index >= 15 is 0 Å². The van der Waals surface area contributed by atoms with E-state index in [-0.39, 0.29) is 36.7 Å². The largest absolute Gasteiger partial charge is 0.386 e. The number of β-amino-alcohol motifs (C(OH)–C–C–N with tert-alkyl or cyclic N) is 1. The fourth-order valence-electron chi connectivity index (χ4n) is 3.97. The minimum absolute atomic E-state index is 0.0784. The van der Waals surface area contributed by atoms with E-state index in [0.29, 0.717) is 10.1 Å². The lowest BCUT2D eigenvalue weighted by Gasteiger charge is -2.49. The lowest BCUT2D eigenvalue weighted by Crippen LogP contribution is -2.65. The highest BCUT2D eigenvalue weighted by atomic mass is 127. The van der Waals surface area contributed by atoms with Gasteiger partial charge in [0.05, 0.1) is 30.0 Å². The maximum atomic E-state index is 14.6. The summed E-state index contributed by atoms with van der Waals surface area (Å²) in [6, 6.07) is 6.09. The lowest BCUT2D eigenvalue weighted by atomic mass is 9.75. The third-order valence-corrected chi connectivity index (χ3v) is 6.17. The molecule has 1 aliphatic heterocycles. The van der Waals surface area contributed by atoms with E-state index in [2.05, 4.69) is 10.6 Å². The number of rotatable bonds is 7. The average Bonchev–Trinajstić information content (AvgIpc) is 2.70. The molecule has 1 aliphatic rings. The molecule has 1 fully saturated rings.